The Bertz CT molecular complexity index is 184. The zero-order chi connectivity index (χ0) is 9.84. The lowest BCUT2D eigenvalue weighted by molar-refractivity contribution is -0.146. The smallest absolute Gasteiger partial charge is 0.324 e. The van der Waals surface area contributed by atoms with E-state index in [0.717, 1.165) is 6.42 Å². The zero-order valence-corrected chi connectivity index (χ0v) is 8.46. The lowest BCUT2D eigenvalue weighted by Crippen LogP contribution is -2.39. The lowest BCUT2D eigenvalue weighted by Gasteiger charge is -2.14. The largest absolute Gasteiger partial charge is 0.464 e. The van der Waals surface area contributed by atoms with Gasteiger partial charge < -0.3 is 4.74 Å². The van der Waals surface area contributed by atoms with Crippen molar-refractivity contribution >= 4 is 5.97 Å². The minimum absolute atomic E-state index is 0.147. The standard InChI is InChI=1S/C9H18N2O2/c1-4-5-13-9(12)8-6(2)7(3)10-11-8/h6-8,10-11H,4-5H2,1-3H3. The Morgan fingerprint density at radius 3 is 2.54 bits per heavy atom. The van der Waals surface area contributed by atoms with Crippen molar-refractivity contribution in [1.29, 1.82) is 0 Å². The molecular weight excluding hydrogens is 168 g/mol. The number of hydrazine groups is 1. The van der Waals surface area contributed by atoms with Crippen molar-refractivity contribution in [2.24, 2.45) is 5.92 Å². The van der Waals surface area contributed by atoms with Crippen LogP contribution in [0.15, 0.2) is 0 Å². The van der Waals surface area contributed by atoms with E-state index in [1.54, 1.807) is 0 Å². The Morgan fingerprint density at radius 2 is 2.08 bits per heavy atom. The van der Waals surface area contributed by atoms with Gasteiger partial charge in [0.05, 0.1) is 6.61 Å². The molecule has 0 spiro atoms. The number of carbonyl (C=O) groups is 1. The molecule has 0 aromatic carbocycles. The second-order valence-corrected chi connectivity index (χ2v) is 3.58. The second-order valence-electron chi connectivity index (χ2n) is 3.58. The predicted octanol–water partition coefficient (Wildman–Crippen LogP) is 0.441. The quantitative estimate of drug-likeness (QED) is 0.628. The van der Waals surface area contributed by atoms with Crippen LogP contribution in [0.2, 0.25) is 0 Å². The van der Waals surface area contributed by atoms with Crippen molar-refractivity contribution in [3.63, 3.8) is 0 Å². The van der Waals surface area contributed by atoms with Crippen molar-refractivity contribution in [3.8, 4) is 0 Å². The maximum absolute atomic E-state index is 11.4. The first kappa shape index (κ1) is 10.5. The molecule has 0 bridgehead atoms. The molecule has 0 aliphatic carbocycles. The molecule has 1 aliphatic rings. The average molecular weight is 186 g/mol. The molecule has 0 radical (unpaired) electrons. The van der Waals surface area contributed by atoms with Gasteiger partial charge in [0.2, 0.25) is 0 Å². The first-order chi connectivity index (χ1) is 6.16. The number of hydrogen-bond acceptors (Lipinski definition) is 4. The van der Waals surface area contributed by atoms with Crippen LogP contribution in [0.25, 0.3) is 0 Å². The molecule has 4 nitrogen and oxygen atoms in total. The third kappa shape index (κ3) is 2.42. The molecule has 1 heterocycles. The molecule has 1 fully saturated rings. The molecule has 4 heteroatoms. The summed E-state index contributed by atoms with van der Waals surface area (Å²) >= 11 is 0. The fraction of sp³-hybridized carbons (Fsp3) is 0.889. The van der Waals surface area contributed by atoms with Crippen molar-refractivity contribution in [3.05, 3.63) is 0 Å². The van der Waals surface area contributed by atoms with E-state index >= 15 is 0 Å². The number of rotatable bonds is 3. The molecule has 1 saturated heterocycles. The van der Waals surface area contributed by atoms with Gasteiger partial charge in [0, 0.05) is 6.04 Å². The van der Waals surface area contributed by atoms with E-state index in [1.165, 1.54) is 0 Å². The third-order valence-corrected chi connectivity index (χ3v) is 2.48. The monoisotopic (exact) mass is 186 g/mol. The van der Waals surface area contributed by atoms with Gasteiger partial charge in [0.1, 0.15) is 6.04 Å². The minimum Gasteiger partial charge on any atom is -0.464 e. The summed E-state index contributed by atoms with van der Waals surface area (Å²) in [6.45, 7) is 6.58. The summed E-state index contributed by atoms with van der Waals surface area (Å²) in [5.74, 6) is 0.135. The third-order valence-electron chi connectivity index (χ3n) is 2.48. The highest BCUT2D eigenvalue weighted by atomic mass is 16.5. The topological polar surface area (TPSA) is 50.4 Å². The average Bonchev–Trinajstić information content (AvgIpc) is 2.44. The highest BCUT2D eigenvalue weighted by molar-refractivity contribution is 5.76. The van der Waals surface area contributed by atoms with Crippen LogP contribution in [0.1, 0.15) is 27.2 Å². The van der Waals surface area contributed by atoms with E-state index in [0.29, 0.717) is 12.6 Å². The summed E-state index contributed by atoms with van der Waals surface area (Å²) in [7, 11) is 0. The molecule has 13 heavy (non-hydrogen) atoms. The van der Waals surface area contributed by atoms with E-state index in [4.69, 9.17) is 4.74 Å². The van der Waals surface area contributed by atoms with E-state index < -0.39 is 0 Å². The van der Waals surface area contributed by atoms with Crippen LogP contribution < -0.4 is 10.9 Å². The van der Waals surface area contributed by atoms with E-state index in [1.807, 2.05) is 20.8 Å². The summed E-state index contributed by atoms with van der Waals surface area (Å²) in [5.41, 5.74) is 5.97. The first-order valence-electron chi connectivity index (χ1n) is 4.84. The van der Waals surface area contributed by atoms with E-state index in [-0.39, 0.29) is 17.9 Å². The SMILES string of the molecule is CCCOC(=O)C1NNC(C)C1C. The summed E-state index contributed by atoms with van der Waals surface area (Å²) in [6.07, 6.45) is 0.871. The van der Waals surface area contributed by atoms with E-state index in [9.17, 15) is 4.79 Å². The molecule has 0 saturated carbocycles. The zero-order valence-electron chi connectivity index (χ0n) is 8.46. The van der Waals surface area contributed by atoms with Crippen LogP contribution in [0.3, 0.4) is 0 Å². The van der Waals surface area contributed by atoms with Crippen molar-refractivity contribution in [2.75, 3.05) is 6.61 Å². The molecular formula is C9H18N2O2. The Hall–Kier alpha value is -0.610. The Kier molecular flexibility index (Phi) is 3.69. The maximum Gasteiger partial charge on any atom is 0.324 e. The highest BCUT2D eigenvalue weighted by Crippen LogP contribution is 2.14. The molecule has 3 unspecified atom stereocenters. The summed E-state index contributed by atoms with van der Waals surface area (Å²) in [4.78, 5) is 11.4. The van der Waals surface area contributed by atoms with Crippen LogP contribution in [-0.4, -0.2) is 24.7 Å². The Morgan fingerprint density at radius 1 is 1.38 bits per heavy atom. The fourth-order valence-corrected chi connectivity index (χ4v) is 1.34. The molecule has 2 N–H and O–H groups in total. The Balaban J connectivity index is 2.39. The van der Waals surface area contributed by atoms with Gasteiger partial charge in [-0.05, 0) is 19.3 Å². The second kappa shape index (κ2) is 4.58. The molecule has 76 valence electrons. The van der Waals surface area contributed by atoms with Crippen LogP contribution in [0, 0.1) is 5.92 Å². The molecule has 3 atom stereocenters. The summed E-state index contributed by atoms with van der Waals surface area (Å²) in [6, 6.07) is 0.126. The van der Waals surface area contributed by atoms with Crippen LogP contribution in [0.5, 0.6) is 0 Å². The molecule has 0 amide bonds. The number of hydrogen-bond donors (Lipinski definition) is 2. The van der Waals surface area contributed by atoms with Crippen LogP contribution >= 0.6 is 0 Å². The summed E-state index contributed by atoms with van der Waals surface area (Å²) < 4.78 is 5.05. The van der Waals surface area contributed by atoms with E-state index in [2.05, 4.69) is 10.9 Å². The van der Waals surface area contributed by atoms with Gasteiger partial charge in [-0.25, -0.2) is 5.43 Å². The lowest BCUT2D eigenvalue weighted by atomic mass is 9.98. The normalized spacial score (nSPS) is 33.3. The predicted molar refractivity (Wildman–Crippen MR) is 49.9 cm³/mol. The first-order valence-corrected chi connectivity index (χ1v) is 4.84. The van der Waals surface area contributed by atoms with Gasteiger partial charge in [-0.15, -0.1) is 0 Å². The number of esters is 1. The molecule has 1 aliphatic heterocycles. The Labute approximate surface area is 79.0 Å². The molecule has 1 rings (SSSR count). The molecule has 0 aromatic rings. The van der Waals surface area contributed by atoms with Gasteiger partial charge in [0.15, 0.2) is 0 Å². The van der Waals surface area contributed by atoms with Gasteiger partial charge in [0.25, 0.3) is 0 Å². The highest BCUT2D eigenvalue weighted by Gasteiger charge is 2.35. The van der Waals surface area contributed by atoms with Gasteiger partial charge >= 0.3 is 5.97 Å². The number of nitrogens with one attached hydrogen (secondary N) is 2. The summed E-state index contributed by atoms with van der Waals surface area (Å²) in [5, 5.41) is 0. The minimum atomic E-state index is -0.193. The fourth-order valence-electron chi connectivity index (χ4n) is 1.34. The van der Waals surface area contributed by atoms with Crippen LogP contribution in [0.4, 0.5) is 0 Å². The molecule has 0 aromatic heterocycles. The van der Waals surface area contributed by atoms with Gasteiger partial charge in [-0.2, -0.15) is 0 Å². The van der Waals surface area contributed by atoms with Crippen LogP contribution in [-0.2, 0) is 9.53 Å². The van der Waals surface area contributed by atoms with Gasteiger partial charge in [-0.1, -0.05) is 13.8 Å². The number of carbonyl (C=O) groups excluding carboxylic acids is 1. The number of ether oxygens (including phenoxy) is 1. The van der Waals surface area contributed by atoms with Crippen molar-refractivity contribution < 1.29 is 9.53 Å². The van der Waals surface area contributed by atoms with Crippen molar-refractivity contribution in [1.82, 2.24) is 10.9 Å². The maximum atomic E-state index is 11.4. The van der Waals surface area contributed by atoms with Gasteiger partial charge in [-0.3, -0.25) is 10.2 Å². The van der Waals surface area contributed by atoms with Crippen molar-refractivity contribution in [2.45, 2.75) is 39.3 Å².